The molecule has 0 aliphatic heterocycles. The Morgan fingerprint density at radius 2 is 2.12 bits per heavy atom. The predicted molar refractivity (Wildman–Crippen MR) is 70.9 cm³/mol. The number of aliphatic hydroxyl groups excluding tert-OH is 1. The van der Waals surface area contributed by atoms with Crippen molar-refractivity contribution in [3.63, 3.8) is 0 Å². The van der Waals surface area contributed by atoms with Crippen LogP contribution in [0.5, 0.6) is 0 Å². The Morgan fingerprint density at radius 1 is 1.35 bits per heavy atom. The van der Waals surface area contributed by atoms with Crippen molar-refractivity contribution in [2.24, 2.45) is 7.05 Å². The summed E-state index contributed by atoms with van der Waals surface area (Å²) in [6.45, 7) is 0.124. The van der Waals surface area contributed by atoms with E-state index in [9.17, 15) is 5.11 Å². The highest BCUT2D eigenvalue weighted by atomic mass is 79.9. The van der Waals surface area contributed by atoms with Gasteiger partial charge < -0.3 is 5.11 Å². The third-order valence-electron chi connectivity index (χ3n) is 2.79. The van der Waals surface area contributed by atoms with Crippen LogP contribution in [0, 0.1) is 0 Å². The molecular weight excluding hydrogens is 280 g/mol. The molecule has 1 N–H and O–H groups in total. The first-order chi connectivity index (χ1) is 8.20. The molecule has 90 valence electrons. The van der Waals surface area contributed by atoms with Gasteiger partial charge >= 0.3 is 0 Å². The van der Waals surface area contributed by atoms with Crippen LogP contribution in [0.1, 0.15) is 17.2 Å². The van der Waals surface area contributed by atoms with E-state index in [0.29, 0.717) is 0 Å². The summed E-state index contributed by atoms with van der Waals surface area (Å²) in [7, 11) is 1.90. The van der Waals surface area contributed by atoms with Gasteiger partial charge in [-0.05, 0) is 17.7 Å². The first kappa shape index (κ1) is 12.3. The first-order valence-corrected chi connectivity index (χ1v) is 6.34. The zero-order chi connectivity index (χ0) is 12.3. The minimum absolute atomic E-state index is 0.0838. The van der Waals surface area contributed by atoms with Crippen molar-refractivity contribution in [3.05, 3.63) is 52.3 Å². The molecule has 1 heterocycles. The third kappa shape index (κ3) is 2.96. The van der Waals surface area contributed by atoms with E-state index in [1.165, 1.54) is 0 Å². The summed E-state index contributed by atoms with van der Waals surface area (Å²) < 4.78 is 2.82. The van der Waals surface area contributed by atoms with E-state index in [1.807, 2.05) is 43.6 Å². The van der Waals surface area contributed by atoms with Crippen molar-refractivity contribution in [2.75, 3.05) is 6.61 Å². The highest BCUT2D eigenvalue weighted by Crippen LogP contribution is 2.26. The fraction of sp³-hybridized carbons (Fsp3) is 0.308. The standard InChI is InChI=1S/C13H15BrN2O/c1-16-7-6-11(15-16)8-10(9-17)12-4-2-3-5-13(12)14/h2-7,10,17H,8-9H2,1H3. The molecule has 0 saturated heterocycles. The lowest BCUT2D eigenvalue weighted by Crippen LogP contribution is -2.09. The molecule has 4 heteroatoms. The number of aryl methyl sites for hydroxylation is 1. The SMILES string of the molecule is Cn1ccc(CC(CO)c2ccccc2Br)n1. The molecule has 2 rings (SSSR count). The second-order valence-corrected chi connectivity index (χ2v) is 4.94. The van der Waals surface area contributed by atoms with E-state index in [0.717, 1.165) is 22.2 Å². The normalized spacial score (nSPS) is 12.6. The maximum Gasteiger partial charge on any atom is 0.0631 e. The average Bonchev–Trinajstić information content (AvgIpc) is 2.73. The van der Waals surface area contributed by atoms with Crippen LogP contribution >= 0.6 is 15.9 Å². The average molecular weight is 295 g/mol. The molecule has 2 aromatic rings. The van der Waals surface area contributed by atoms with E-state index in [1.54, 1.807) is 4.68 Å². The molecule has 0 bridgehead atoms. The lowest BCUT2D eigenvalue weighted by Gasteiger charge is -2.14. The molecule has 17 heavy (non-hydrogen) atoms. The molecule has 0 aliphatic rings. The number of hydrogen-bond acceptors (Lipinski definition) is 2. The molecule has 0 aliphatic carbocycles. The van der Waals surface area contributed by atoms with Crippen molar-refractivity contribution in [1.29, 1.82) is 0 Å². The van der Waals surface area contributed by atoms with Gasteiger partial charge in [0.05, 0.1) is 12.3 Å². The molecule has 1 atom stereocenters. The van der Waals surface area contributed by atoms with Crippen LogP contribution < -0.4 is 0 Å². The summed E-state index contributed by atoms with van der Waals surface area (Å²) in [6, 6.07) is 9.98. The highest BCUT2D eigenvalue weighted by molar-refractivity contribution is 9.10. The fourth-order valence-corrected chi connectivity index (χ4v) is 2.51. The summed E-state index contributed by atoms with van der Waals surface area (Å²) in [4.78, 5) is 0. The zero-order valence-electron chi connectivity index (χ0n) is 9.68. The van der Waals surface area contributed by atoms with Gasteiger partial charge in [0.1, 0.15) is 0 Å². The smallest absolute Gasteiger partial charge is 0.0631 e. The molecule has 0 spiro atoms. The summed E-state index contributed by atoms with van der Waals surface area (Å²) in [5.74, 6) is 0.0838. The predicted octanol–water partition coefficient (Wildman–Crippen LogP) is 2.50. The van der Waals surface area contributed by atoms with Crippen LogP contribution in [0.2, 0.25) is 0 Å². The van der Waals surface area contributed by atoms with Gasteiger partial charge in [0.2, 0.25) is 0 Å². The Morgan fingerprint density at radius 3 is 2.71 bits per heavy atom. The topological polar surface area (TPSA) is 38.0 Å². The summed E-state index contributed by atoms with van der Waals surface area (Å²) >= 11 is 3.52. The van der Waals surface area contributed by atoms with Gasteiger partial charge in [-0.15, -0.1) is 0 Å². The number of aromatic nitrogens is 2. The number of nitrogens with zero attached hydrogens (tertiary/aromatic N) is 2. The van der Waals surface area contributed by atoms with E-state index in [2.05, 4.69) is 21.0 Å². The van der Waals surface area contributed by atoms with Gasteiger partial charge in [0, 0.05) is 30.1 Å². The van der Waals surface area contributed by atoms with E-state index in [4.69, 9.17) is 0 Å². The van der Waals surface area contributed by atoms with Crippen LogP contribution in [0.3, 0.4) is 0 Å². The lowest BCUT2D eigenvalue weighted by molar-refractivity contribution is 0.263. The van der Waals surface area contributed by atoms with Gasteiger partial charge in [0.15, 0.2) is 0 Å². The van der Waals surface area contributed by atoms with Gasteiger partial charge in [-0.1, -0.05) is 34.1 Å². The Hall–Kier alpha value is -1.13. The van der Waals surface area contributed by atoms with Gasteiger partial charge in [-0.25, -0.2) is 0 Å². The summed E-state index contributed by atoms with van der Waals surface area (Å²) in [5.41, 5.74) is 2.13. The lowest BCUT2D eigenvalue weighted by atomic mass is 9.95. The molecule has 1 aromatic heterocycles. The molecule has 0 fully saturated rings. The van der Waals surface area contributed by atoms with Crippen molar-refractivity contribution < 1.29 is 5.11 Å². The second kappa shape index (κ2) is 5.47. The minimum Gasteiger partial charge on any atom is -0.396 e. The van der Waals surface area contributed by atoms with Gasteiger partial charge in [-0.3, -0.25) is 4.68 Å². The van der Waals surface area contributed by atoms with Crippen LogP contribution in [0.25, 0.3) is 0 Å². The van der Waals surface area contributed by atoms with Crippen molar-refractivity contribution in [2.45, 2.75) is 12.3 Å². The maximum absolute atomic E-state index is 9.52. The zero-order valence-corrected chi connectivity index (χ0v) is 11.3. The van der Waals surface area contributed by atoms with E-state index < -0.39 is 0 Å². The van der Waals surface area contributed by atoms with Crippen molar-refractivity contribution in [3.8, 4) is 0 Å². The van der Waals surface area contributed by atoms with E-state index in [-0.39, 0.29) is 12.5 Å². The maximum atomic E-state index is 9.52. The molecular formula is C13H15BrN2O. The Balaban J connectivity index is 2.20. The Kier molecular flexibility index (Phi) is 3.97. The molecule has 3 nitrogen and oxygen atoms in total. The Bertz CT molecular complexity index is 496. The van der Waals surface area contributed by atoms with Crippen LogP contribution in [-0.2, 0) is 13.5 Å². The molecule has 1 aromatic carbocycles. The fourth-order valence-electron chi connectivity index (χ4n) is 1.90. The summed E-state index contributed by atoms with van der Waals surface area (Å²) in [5, 5.41) is 13.9. The quantitative estimate of drug-likeness (QED) is 0.941. The largest absolute Gasteiger partial charge is 0.396 e. The molecule has 0 radical (unpaired) electrons. The van der Waals surface area contributed by atoms with Gasteiger partial charge in [0.25, 0.3) is 0 Å². The van der Waals surface area contributed by atoms with Gasteiger partial charge in [-0.2, -0.15) is 5.10 Å². The van der Waals surface area contributed by atoms with Crippen LogP contribution in [0.4, 0.5) is 0 Å². The number of halogens is 1. The number of benzene rings is 1. The van der Waals surface area contributed by atoms with Crippen LogP contribution in [-0.4, -0.2) is 21.5 Å². The summed E-state index contributed by atoms with van der Waals surface area (Å²) in [6.07, 6.45) is 2.67. The number of aliphatic hydroxyl groups is 1. The van der Waals surface area contributed by atoms with Crippen molar-refractivity contribution >= 4 is 15.9 Å². The minimum atomic E-state index is 0.0838. The second-order valence-electron chi connectivity index (χ2n) is 4.09. The van der Waals surface area contributed by atoms with E-state index >= 15 is 0 Å². The van der Waals surface area contributed by atoms with Crippen LogP contribution in [0.15, 0.2) is 41.0 Å². The first-order valence-electron chi connectivity index (χ1n) is 5.54. The number of rotatable bonds is 4. The monoisotopic (exact) mass is 294 g/mol. The molecule has 0 saturated carbocycles. The molecule has 0 amide bonds. The Labute approximate surface area is 109 Å². The highest BCUT2D eigenvalue weighted by Gasteiger charge is 2.15. The molecule has 1 unspecified atom stereocenters. The third-order valence-corrected chi connectivity index (χ3v) is 3.51. The number of hydrogen-bond donors (Lipinski definition) is 1. The van der Waals surface area contributed by atoms with Crippen molar-refractivity contribution in [1.82, 2.24) is 9.78 Å².